The molecule has 2 aromatic rings. The quantitative estimate of drug-likeness (QED) is 0.483. The lowest BCUT2D eigenvalue weighted by Gasteiger charge is -2.13. The van der Waals surface area contributed by atoms with Crippen LogP contribution >= 0.6 is 11.6 Å². The molecule has 1 heterocycles. The van der Waals surface area contributed by atoms with Crippen molar-refractivity contribution < 1.29 is 4.74 Å². The first kappa shape index (κ1) is 13.3. The Morgan fingerprint density at radius 3 is 2.62 bits per heavy atom. The Balaban J connectivity index is 2.30. The van der Waals surface area contributed by atoms with Crippen molar-refractivity contribution in [2.24, 2.45) is 5.29 Å². The Kier molecular flexibility index (Phi) is 3.41. The molecule has 0 aliphatic carbocycles. The average molecular weight is 300 g/mol. The van der Waals surface area contributed by atoms with Crippen LogP contribution in [0.15, 0.2) is 66.2 Å². The van der Waals surface area contributed by atoms with E-state index in [4.69, 9.17) is 11.6 Å². The maximum Gasteiger partial charge on any atom is 0.233 e. The van der Waals surface area contributed by atoms with Crippen LogP contribution in [0, 0.1) is 10.1 Å². The first-order valence-corrected chi connectivity index (χ1v) is 6.58. The van der Waals surface area contributed by atoms with Gasteiger partial charge in [-0.1, -0.05) is 29.8 Å². The number of hydrogen-bond donors (Lipinski definition) is 0. The van der Waals surface area contributed by atoms with Crippen LogP contribution in [0.4, 0.5) is 5.69 Å². The molecule has 0 spiro atoms. The molecule has 1 aliphatic rings. The van der Waals surface area contributed by atoms with E-state index in [-0.39, 0.29) is 0 Å². The first-order chi connectivity index (χ1) is 10.2. The molecule has 2 aromatic carbocycles. The zero-order valence-corrected chi connectivity index (χ0v) is 11.6. The highest BCUT2D eigenvalue weighted by Crippen LogP contribution is 2.29. The van der Waals surface area contributed by atoms with Gasteiger partial charge in [0.15, 0.2) is 6.20 Å². The van der Waals surface area contributed by atoms with Gasteiger partial charge in [-0.25, -0.2) is 0 Å². The lowest BCUT2D eigenvalue weighted by atomic mass is 10.0. The first-order valence-electron chi connectivity index (χ1n) is 6.20. The van der Waals surface area contributed by atoms with Crippen LogP contribution in [0.1, 0.15) is 11.1 Å². The Bertz CT molecular complexity index is 757. The summed E-state index contributed by atoms with van der Waals surface area (Å²) in [6, 6.07) is 14.1. The van der Waals surface area contributed by atoms with Crippen LogP contribution in [0.3, 0.4) is 0 Å². The molecule has 5 nitrogen and oxygen atoms in total. The number of hydrogen-bond acceptors (Lipinski definition) is 3. The smallest absolute Gasteiger partial charge is 0.233 e. The van der Waals surface area contributed by atoms with E-state index >= 15 is 0 Å². The van der Waals surface area contributed by atoms with Crippen molar-refractivity contribution >= 4 is 23.0 Å². The minimum atomic E-state index is 0.413. The van der Waals surface area contributed by atoms with E-state index in [1.807, 2.05) is 30.3 Å². The van der Waals surface area contributed by atoms with Gasteiger partial charge < -0.3 is 5.21 Å². The normalized spacial score (nSPS) is 13.9. The van der Waals surface area contributed by atoms with Crippen molar-refractivity contribution in [3.63, 3.8) is 0 Å². The predicted octanol–water partition coefficient (Wildman–Crippen LogP) is 3.66. The third-order valence-electron chi connectivity index (χ3n) is 3.16. The van der Waals surface area contributed by atoms with E-state index in [1.54, 1.807) is 18.2 Å². The topological polar surface area (TPSA) is 58.7 Å². The maximum absolute atomic E-state index is 12.3. The molecule has 0 aromatic heterocycles. The molecular weight excluding hydrogens is 290 g/mol. The Labute approximate surface area is 125 Å². The minimum Gasteiger partial charge on any atom is -0.618 e. The van der Waals surface area contributed by atoms with Crippen molar-refractivity contribution in [1.82, 2.24) is 0 Å². The highest BCUT2D eigenvalue weighted by Gasteiger charge is 2.25. The number of nitroso groups, excluding NO2 is 1. The molecule has 0 unspecified atom stereocenters. The second-order valence-corrected chi connectivity index (χ2v) is 4.86. The van der Waals surface area contributed by atoms with Crippen molar-refractivity contribution in [3.8, 4) is 0 Å². The average Bonchev–Trinajstić information content (AvgIpc) is 2.63. The second-order valence-electron chi connectivity index (χ2n) is 4.43. The monoisotopic (exact) mass is 299 g/mol. The third-order valence-corrected chi connectivity index (χ3v) is 3.39. The number of benzene rings is 2. The summed E-state index contributed by atoms with van der Waals surface area (Å²) in [7, 11) is 0. The second kappa shape index (κ2) is 5.38. The van der Waals surface area contributed by atoms with Crippen LogP contribution < -0.4 is 5.01 Å². The van der Waals surface area contributed by atoms with Gasteiger partial charge in [-0.15, -0.1) is 4.91 Å². The molecule has 6 heteroatoms. The molecule has 0 amide bonds. The Morgan fingerprint density at radius 2 is 1.90 bits per heavy atom. The van der Waals surface area contributed by atoms with E-state index in [0.717, 1.165) is 10.6 Å². The van der Waals surface area contributed by atoms with Crippen LogP contribution in [0.2, 0.25) is 5.02 Å². The van der Waals surface area contributed by atoms with Gasteiger partial charge in [-0.05, 0) is 30.3 Å². The minimum absolute atomic E-state index is 0.413. The molecule has 3 rings (SSSR count). The highest BCUT2D eigenvalue weighted by molar-refractivity contribution is 6.31. The molecule has 0 radical (unpaired) electrons. The summed E-state index contributed by atoms with van der Waals surface area (Å²) in [5.74, 6) is 0. The molecule has 0 atom stereocenters. The summed E-state index contributed by atoms with van der Waals surface area (Å²) in [6.45, 7) is 0. The molecule has 0 fully saturated rings. The van der Waals surface area contributed by atoms with Crippen molar-refractivity contribution in [2.75, 3.05) is 5.01 Å². The Hall–Kier alpha value is -2.66. The van der Waals surface area contributed by atoms with Gasteiger partial charge in [0.05, 0.1) is 22.7 Å². The molecule has 21 heavy (non-hydrogen) atoms. The summed E-state index contributed by atoms with van der Waals surface area (Å²) < 4.78 is 0.704. The van der Waals surface area contributed by atoms with Gasteiger partial charge in [-0.2, -0.15) is 9.75 Å². The van der Waals surface area contributed by atoms with E-state index in [1.165, 1.54) is 12.4 Å². The molecule has 0 N–H and O–H groups in total. The van der Waals surface area contributed by atoms with Gasteiger partial charge in [0.25, 0.3) is 0 Å². The fraction of sp³-hybridized carbons (Fsp3) is 0. The summed E-state index contributed by atoms with van der Waals surface area (Å²) in [5.41, 5.74) is 2.19. The molecule has 0 saturated carbocycles. The lowest BCUT2D eigenvalue weighted by molar-refractivity contribution is -0.377. The van der Waals surface area contributed by atoms with Gasteiger partial charge in [0, 0.05) is 10.6 Å². The molecular formula is C15H10ClN3O2. The number of rotatable bonds is 2. The number of hydroxylamine groups is 1. The SMILES string of the molecule is O=NN1C=C[N+]([O-])=C(c2ccccc2)c2cc(Cl)ccc21. The van der Waals surface area contributed by atoms with Crippen LogP contribution in [0.5, 0.6) is 0 Å². The van der Waals surface area contributed by atoms with Crippen LogP contribution in [-0.2, 0) is 0 Å². The van der Waals surface area contributed by atoms with Gasteiger partial charge >= 0.3 is 0 Å². The zero-order chi connectivity index (χ0) is 14.8. The number of nitrogens with zero attached hydrogens (tertiary/aromatic N) is 3. The van der Waals surface area contributed by atoms with E-state index < -0.39 is 0 Å². The fourth-order valence-electron chi connectivity index (χ4n) is 2.24. The lowest BCUT2D eigenvalue weighted by Crippen LogP contribution is -2.15. The largest absolute Gasteiger partial charge is 0.618 e. The van der Waals surface area contributed by atoms with Crippen molar-refractivity contribution in [3.05, 3.63) is 87.2 Å². The fourth-order valence-corrected chi connectivity index (χ4v) is 2.42. The number of halogens is 1. The van der Waals surface area contributed by atoms with E-state index in [9.17, 15) is 10.1 Å². The van der Waals surface area contributed by atoms with Gasteiger partial charge in [0.1, 0.15) is 0 Å². The molecule has 1 aliphatic heterocycles. The van der Waals surface area contributed by atoms with Crippen molar-refractivity contribution in [1.29, 1.82) is 0 Å². The van der Waals surface area contributed by atoms with Crippen molar-refractivity contribution in [2.45, 2.75) is 0 Å². The molecule has 0 bridgehead atoms. The maximum atomic E-state index is 12.3. The highest BCUT2D eigenvalue weighted by atomic mass is 35.5. The van der Waals surface area contributed by atoms with E-state index in [0.29, 0.717) is 26.7 Å². The summed E-state index contributed by atoms with van der Waals surface area (Å²) >= 11 is 6.04. The summed E-state index contributed by atoms with van der Waals surface area (Å²) in [5, 5.41) is 16.8. The summed E-state index contributed by atoms with van der Waals surface area (Å²) in [4.78, 5) is 11.0. The number of anilines is 1. The molecule has 0 saturated heterocycles. The summed E-state index contributed by atoms with van der Waals surface area (Å²) in [6.07, 6.45) is 2.57. The number of fused-ring (bicyclic) bond motifs is 1. The Morgan fingerprint density at radius 1 is 1.14 bits per heavy atom. The zero-order valence-electron chi connectivity index (χ0n) is 10.8. The van der Waals surface area contributed by atoms with E-state index in [2.05, 4.69) is 5.29 Å². The van der Waals surface area contributed by atoms with Gasteiger partial charge in [-0.3, -0.25) is 0 Å². The third kappa shape index (κ3) is 2.39. The molecule has 104 valence electrons. The standard InChI is InChI=1S/C15H10ClN3O2/c16-12-6-7-14-13(10-12)15(11-4-2-1-3-5-11)19(21)9-8-18(14)17-20/h1-10H. The van der Waals surface area contributed by atoms with Crippen LogP contribution in [0.25, 0.3) is 0 Å². The predicted molar refractivity (Wildman–Crippen MR) is 82.1 cm³/mol. The van der Waals surface area contributed by atoms with Gasteiger partial charge in [0.2, 0.25) is 5.71 Å². The van der Waals surface area contributed by atoms with Crippen LogP contribution in [-0.4, -0.2) is 10.5 Å².